The second-order valence-corrected chi connectivity index (χ2v) is 6.47. The van der Waals surface area contributed by atoms with Gasteiger partial charge in [-0.2, -0.15) is 0 Å². The Hall–Kier alpha value is -0.860. The summed E-state index contributed by atoms with van der Waals surface area (Å²) in [6.07, 6.45) is 14.6. The van der Waals surface area contributed by atoms with Crippen molar-refractivity contribution in [3.8, 4) is 0 Å². The first-order chi connectivity index (χ1) is 8.67. The number of nitrogens with zero attached hydrogens (tertiary/aromatic N) is 3. The van der Waals surface area contributed by atoms with E-state index in [-0.39, 0.29) is 0 Å². The van der Waals surface area contributed by atoms with Gasteiger partial charge in [0.1, 0.15) is 12.5 Å². The summed E-state index contributed by atoms with van der Waals surface area (Å²) in [7, 11) is 0. The molecule has 0 saturated carbocycles. The van der Waals surface area contributed by atoms with Crippen LogP contribution in [0.2, 0.25) is 0 Å². The van der Waals surface area contributed by atoms with Crippen LogP contribution in [0.3, 0.4) is 0 Å². The quantitative estimate of drug-likeness (QED) is 0.641. The third kappa shape index (κ3) is 4.11. The van der Waals surface area contributed by atoms with Crippen LogP contribution < -0.4 is 0 Å². The first-order valence-electron chi connectivity index (χ1n) is 7.48. The third-order valence-corrected chi connectivity index (χ3v) is 4.24. The number of aliphatic imine (C=N–C) groups is 2. The van der Waals surface area contributed by atoms with Gasteiger partial charge in [-0.15, -0.1) is 0 Å². The molecular formula is C15H27N3. The molecule has 1 saturated heterocycles. The molecule has 2 heterocycles. The molecule has 0 aromatic carbocycles. The van der Waals surface area contributed by atoms with Gasteiger partial charge in [0, 0.05) is 6.54 Å². The Bertz CT molecular complexity index is 307. The average Bonchev–Trinajstić information content (AvgIpc) is 2.34. The summed E-state index contributed by atoms with van der Waals surface area (Å²) in [5.74, 6) is 0. The SMILES string of the molecule is CC1(C)CCCCCC2N=CN=CN2CCCC1. The summed E-state index contributed by atoms with van der Waals surface area (Å²) >= 11 is 0. The fraction of sp³-hybridized carbons (Fsp3) is 0.867. The van der Waals surface area contributed by atoms with Crippen molar-refractivity contribution in [3.63, 3.8) is 0 Å². The van der Waals surface area contributed by atoms with Gasteiger partial charge in [-0.1, -0.05) is 33.1 Å². The van der Waals surface area contributed by atoms with Gasteiger partial charge in [0.05, 0.1) is 6.34 Å². The summed E-state index contributed by atoms with van der Waals surface area (Å²) in [6, 6.07) is 0. The van der Waals surface area contributed by atoms with E-state index in [0.29, 0.717) is 11.6 Å². The van der Waals surface area contributed by atoms with Crippen molar-refractivity contribution in [2.45, 2.75) is 71.4 Å². The number of hydrogen-bond donors (Lipinski definition) is 0. The molecule has 0 bridgehead atoms. The second kappa shape index (κ2) is 6.35. The van der Waals surface area contributed by atoms with Crippen molar-refractivity contribution in [3.05, 3.63) is 0 Å². The number of hydrogen-bond acceptors (Lipinski definition) is 3. The highest BCUT2D eigenvalue weighted by Crippen LogP contribution is 2.30. The standard InChI is InChI=1S/C15H27N3/c1-15(2)9-5-3-4-8-14-17-12-16-13-18(14)11-7-6-10-15/h12-14H,3-11H2,1-2H3. The monoisotopic (exact) mass is 249 g/mol. The summed E-state index contributed by atoms with van der Waals surface area (Å²) < 4.78 is 0. The Balaban J connectivity index is 1.90. The van der Waals surface area contributed by atoms with E-state index in [1.807, 2.05) is 6.34 Å². The molecule has 3 nitrogen and oxygen atoms in total. The molecule has 0 aromatic heterocycles. The zero-order valence-corrected chi connectivity index (χ0v) is 11.9. The Morgan fingerprint density at radius 3 is 2.67 bits per heavy atom. The third-order valence-electron chi connectivity index (χ3n) is 4.24. The molecule has 1 atom stereocenters. The number of rotatable bonds is 0. The molecule has 2 aliphatic rings. The first-order valence-corrected chi connectivity index (χ1v) is 7.48. The molecule has 2 rings (SSSR count). The van der Waals surface area contributed by atoms with Gasteiger partial charge >= 0.3 is 0 Å². The minimum absolute atomic E-state index is 0.356. The van der Waals surface area contributed by atoms with Crippen molar-refractivity contribution >= 4 is 12.7 Å². The summed E-state index contributed by atoms with van der Waals surface area (Å²) in [5.41, 5.74) is 0.534. The fourth-order valence-electron chi connectivity index (χ4n) is 2.97. The zero-order chi connectivity index (χ0) is 12.8. The lowest BCUT2D eigenvalue weighted by molar-refractivity contribution is 0.248. The number of fused-ring (bicyclic) bond motifs is 1. The average molecular weight is 249 g/mol. The normalized spacial score (nSPS) is 29.2. The van der Waals surface area contributed by atoms with Crippen molar-refractivity contribution in [2.75, 3.05) is 6.54 Å². The van der Waals surface area contributed by atoms with Gasteiger partial charge in [-0.25, -0.2) is 9.98 Å². The van der Waals surface area contributed by atoms with Crippen LogP contribution in [0.25, 0.3) is 0 Å². The molecule has 0 N–H and O–H groups in total. The van der Waals surface area contributed by atoms with E-state index in [4.69, 9.17) is 0 Å². The maximum absolute atomic E-state index is 4.51. The molecule has 102 valence electrons. The van der Waals surface area contributed by atoms with Crippen molar-refractivity contribution in [1.82, 2.24) is 4.90 Å². The van der Waals surface area contributed by atoms with Crippen LogP contribution in [-0.4, -0.2) is 30.3 Å². The van der Waals surface area contributed by atoms with Crippen LogP contribution in [0.4, 0.5) is 0 Å². The van der Waals surface area contributed by atoms with Crippen LogP contribution in [-0.2, 0) is 0 Å². The molecule has 1 fully saturated rings. The molecule has 18 heavy (non-hydrogen) atoms. The Labute approximate surface area is 111 Å². The lowest BCUT2D eigenvalue weighted by Crippen LogP contribution is -2.36. The Kier molecular flexibility index (Phi) is 4.79. The highest BCUT2D eigenvalue weighted by molar-refractivity contribution is 5.73. The molecule has 1 unspecified atom stereocenters. The van der Waals surface area contributed by atoms with Gasteiger partial charge in [-0.05, 0) is 37.5 Å². The summed E-state index contributed by atoms with van der Waals surface area (Å²) in [4.78, 5) is 11.0. The van der Waals surface area contributed by atoms with Gasteiger partial charge in [-0.3, -0.25) is 0 Å². The molecule has 0 aliphatic carbocycles. The maximum atomic E-state index is 4.51. The van der Waals surface area contributed by atoms with Crippen LogP contribution in [0.5, 0.6) is 0 Å². The lowest BCUT2D eigenvalue weighted by Gasteiger charge is -2.31. The predicted molar refractivity (Wildman–Crippen MR) is 78.2 cm³/mol. The van der Waals surface area contributed by atoms with E-state index in [2.05, 4.69) is 28.7 Å². The highest BCUT2D eigenvalue weighted by atomic mass is 15.3. The maximum Gasteiger partial charge on any atom is 0.123 e. The molecular weight excluding hydrogens is 222 g/mol. The first kappa shape index (κ1) is 13.6. The van der Waals surface area contributed by atoms with Crippen LogP contribution in [0, 0.1) is 5.41 Å². The van der Waals surface area contributed by atoms with Gasteiger partial charge in [0.2, 0.25) is 0 Å². The van der Waals surface area contributed by atoms with E-state index in [0.717, 1.165) is 6.54 Å². The fourth-order valence-corrected chi connectivity index (χ4v) is 2.97. The van der Waals surface area contributed by atoms with Crippen LogP contribution in [0.1, 0.15) is 65.2 Å². The van der Waals surface area contributed by atoms with E-state index < -0.39 is 0 Å². The molecule has 0 amide bonds. The van der Waals surface area contributed by atoms with E-state index in [1.54, 1.807) is 6.34 Å². The van der Waals surface area contributed by atoms with Crippen LogP contribution in [0.15, 0.2) is 9.98 Å². The smallest absolute Gasteiger partial charge is 0.123 e. The minimum Gasteiger partial charge on any atom is -0.340 e. The van der Waals surface area contributed by atoms with E-state index >= 15 is 0 Å². The van der Waals surface area contributed by atoms with Crippen molar-refractivity contribution in [1.29, 1.82) is 0 Å². The van der Waals surface area contributed by atoms with Crippen LogP contribution >= 0.6 is 0 Å². The zero-order valence-electron chi connectivity index (χ0n) is 11.9. The largest absolute Gasteiger partial charge is 0.340 e. The molecule has 0 spiro atoms. The van der Waals surface area contributed by atoms with Gasteiger partial charge in [0.25, 0.3) is 0 Å². The minimum atomic E-state index is 0.356. The predicted octanol–water partition coefficient (Wildman–Crippen LogP) is 3.85. The molecule has 3 heteroatoms. The molecule has 0 aromatic rings. The lowest BCUT2D eigenvalue weighted by atomic mass is 9.82. The van der Waals surface area contributed by atoms with E-state index in [1.165, 1.54) is 51.4 Å². The topological polar surface area (TPSA) is 28.0 Å². The summed E-state index contributed by atoms with van der Waals surface area (Å²) in [5, 5.41) is 0. The Morgan fingerprint density at radius 2 is 1.83 bits per heavy atom. The second-order valence-electron chi connectivity index (χ2n) is 6.47. The van der Waals surface area contributed by atoms with E-state index in [9.17, 15) is 0 Å². The van der Waals surface area contributed by atoms with Crippen molar-refractivity contribution < 1.29 is 0 Å². The van der Waals surface area contributed by atoms with Crippen molar-refractivity contribution in [2.24, 2.45) is 15.4 Å². The van der Waals surface area contributed by atoms with Gasteiger partial charge < -0.3 is 4.90 Å². The van der Waals surface area contributed by atoms with Gasteiger partial charge in [0.15, 0.2) is 0 Å². The molecule has 2 aliphatic heterocycles. The highest BCUT2D eigenvalue weighted by Gasteiger charge is 2.20. The Morgan fingerprint density at radius 1 is 1.06 bits per heavy atom. The molecule has 0 radical (unpaired) electrons. The summed E-state index contributed by atoms with van der Waals surface area (Å²) in [6.45, 7) is 5.96.